The molecule has 0 atom stereocenters. The van der Waals surface area contributed by atoms with Crippen molar-refractivity contribution in [2.45, 2.75) is 72.0 Å². The zero-order chi connectivity index (χ0) is 22.9. The van der Waals surface area contributed by atoms with Crippen LogP contribution in [0.5, 0.6) is 0 Å². The van der Waals surface area contributed by atoms with Gasteiger partial charge in [0.05, 0.1) is 6.54 Å². The van der Waals surface area contributed by atoms with Crippen molar-refractivity contribution in [3.63, 3.8) is 0 Å². The average Bonchev–Trinajstić information content (AvgIpc) is 2.53. The minimum absolute atomic E-state index is 0.0706. The molecule has 1 rings (SSSR count). The van der Waals surface area contributed by atoms with E-state index in [0.29, 0.717) is 58.5 Å². The third-order valence-corrected chi connectivity index (χ3v) is 4.32. The smallest absolute Gasteiger partial charge is 0.410 e. The molecule has 0 aromatic heterocycles. The summed E-state index contributed by atoms with van der Waals surface area (Å²) in [5.41, 5.74) is -1.20. The van der Waals surface area contributed by atoms with Gasteiger partial charge in [-0.1, -0.05) is 0 Å². The first-order valence-corrected chi connectivity index (χ1v) is 10.7. The molecule has 0 unspecified atom stereocenters. The van der Waals surface area contributed by atoms with Crippen molar-refractivity contribution in [2.24, 2.45) is 0 Å². The minimum Gasteiger partial charge on any atom is -0.480 e. The fraction of sp³-hybridized carbons (Fsp3) is 0.857. The van der Waals surface area contributed by atoms with Crippen LogP contribution < -0.4 is 0 Å². The second-order valence-corrected chi connectivity index (χ2v) is 9.67. The van der Waals surface area contributed by atoms with Crippen LogP contribution in [0.2, 0.25) is 0 Å². The van der Waals surface area contributed by atoms with Gasteiger partial charge in [0.25, 0.3) is 0 Å². The third-order valence-electron chi connectivity index (χ3n) is 4.32. The fourth-order valence-corrected chi connectivity index (χ4v) is 3.13. The van der Waals surface area contributed by atoms with Gasteiger partial charge < -0.3 is 24.4 Å². The Balaban J connectivity index is 2.89. The van der Waals surface area contributed by atoms with Gasteiger partial charge in [0, 0.05) is 39.3 Å². The van der Waals surface area contributed by atoms with E-state index >= 15 is 0 Å². The molecule has 1 fully saturated rings. The zero-order valence-corrected chi connectivity index (χ0v) is 19.4. The molecule has 0 saturated carbocycles. The maximum atomic E-state index is 12.6. The van der Waals surface area contributed by atoms with Crippen LogP contribution in [-0.4, -0.2) is 95.0 Å². The Labute approximate surface area is 180 Å². The molecule has 0 aromatic carbocycles. The number of ether oxygens (including phenoxy) is 2. The highest BCUT2D eigenvalue weighted by Gasteiger charge is 2.25. The van der Waals surface area contributed by atoms with Crippen molar-refractivity contribution < 1.29 is 29.0 Å². The number of hydrogen-bond acceptors (Lipinski definition) is 6. The highest BCUT2D eigenvalue weighted by atomic mass is 16.6. The number of amides is 2. The summed E-state index contributed by atoms with van der Waals surface area (Å²) in [7, 11) is 0. The second-order valence-electron chi connectivity index (χ2n) is 9.67. The van der Waals surface area contributed by atoms with E-state index in [4.69, 9.17) is 9.47 Å². The van der Waals surface area contributed by atoms with Crippen LogP contribution in [0.1, 0.15) is 60.8 Å². The summed E-state index contributed by atoms with van der Waals surface area (Å²) in [5, 5.41) is 9.18. The third kappa shape index (κ3) is 11.2. The van der Waals surface area contributed by atoms with E-state index in [2.05, 4.69) is 0 Å². The Morgan fingerprint density at radius 2 is 1.03 bits per heavy atom. The van der Waals surface area contributed by atoms with E-state index in [-0.39, 0.29) is 6.54 Å². The summed E-state index contributed by atoms with van der Waals surface area (Å²) in [6.45, 7) is 13.8. The highest BCUT2D eigenvalue weighted by molar-refractivity contribution is 5.69. The number of hydrogen-bond donors (Lipinski definition) is 1. The summed E-state index contributed by atoms with van der Waals surface area (Å²) in [6, 6.07) is 0. The molecule has 1 saturated heterocycles. The number of carbonyl (C=O) groups is 3. The number of aliphatic carboxylic acids is 1. The molecule has 0 aromatic rings. The Kier molecular flexibility index (Phi) is 9.87. The van der Waals surface area contributed by atoms with Crippen LogP contribution in [0.25, 0.3) is 0 Å². The summed E-state index contributed by atoms with van der Waals surface area (Å²) < 4.78 is 11.0. The molecule has 1 heterocycles. The largest absolute Gasteiger partial charge is 0.480 e. The standard InChI is InChI=1S/C21H39N3O6/c1-20(2,3)29-18(27)23-12-7-10-22(16-17(25)26)11-8-13-24(15-9-14-23)19(28)30-21(4,5)6/h7-16H2,1-6H3,(H,25,26). The van der Waals surface area contributed by atoms with Crippen LogP contribution in [0, 0.1) is 0 Å². The van der Waals surface area contributed by atoms with Gasteiger partial charge >= 0.3 is 18.2 Å². The summed E-state index contributed by atoms with van der Waals surface area (Å²) >= 11 is 0. The number of carboxylic acids is 1. The maximum Gasteiger partial charge on any atom is 0.410 e. The van der Waals surface area contributed by atoms with Crippen LogP contribution in [0.15, 0.2) is 0 Å². The van der Waals surface area contributed by atoms with E-state index in [1.165, 1.54) is 0 Å². The summed E-state index contributed by atoms with van der Waals surface area (Å²) in [4.78, 5) is 41.5. The first-order valence-electron chi connectivity index (χ1n) is 10.7. The molecule has 0 spiro atoms. The maximum absolute atomic E-state index is 12.6. The lowest BCUT2D eigenvalue weighted by Crippen LogP contribution is -2.43. The Morgan fingerprint density at radius 3 is 1.33 bits per heavy atom. The van der Waals surface area contributed by atoms with E-state index in [1.54, 1.807) is 9.80 Å². The average molecular weight is 430 g/mol. The molecule has 30 heavy (non-hydrogen) atoms. The lowest BCUT2D eigenvalue weighted by Gasteiger charge is -2.31. The molecule has 174 valence electrons. The van der Waals surface area contributed by atoms with Gasteiger partial charge in [-0.05, 0) is 60.8 Å². The van der Waals surface area contributed by atoms with E-state index in [9.17, 15) is 19.5 Å². The molecular formula is C21H39N3O6. The molecule has 0 radical (unpaired) electrons. The number of carboxylic acid groups (broad SMARTS) is 1. The molecule has 0 aliphatic carbocycles. The van der Waals surface area contributed by atoms with Crippen LogP contribution in [0.3, 0.4) is 0 Å². The van der Waals surface area contributed by atoms with Crippen LogP contribution >= 0.6 is 0 Å². The lowest BCUT2D eigenvalue weighted by atomic mass is 10.2. The molecule has 0 bridgehead atoms. The monoisotopic (exact) mass is 429 g/mol. The van der Waals surface area contributed by atoms with Gasteiger partial charge in [-0.25, -0.2) is 9.59 Å². The topological polar surface area (TPSA) is 99.6 Å². The van der Waals surface area contributed by atoms with Crippen molar-refractivity contribution in [1.82, 2.24) is 14.7 Å². The lowest BCUT2D eigenvalue weighted by molar-refractivity contribution is -0.138. The van der Waals surface area contributed by atoms with E-state index < -0.39 is 29.4 Å². The Morgan fingerprint density at radius 1 is 0.700 bits per heavy atom. The molecule has 2 amide bonds. The predicted molar refractivity (Wildman–Crippen MR) is 114 cm³/mol. The van der Waals surface area contributed by atoms with Crippen molar-refractivity contribution in [3.8, 4) is 0 Å². The second kappa shape index (κ2) is 11.4. The van der Waals surface area contributed by atoms with Crippen molar-refractivity contribution in [3.05, 3.63) is 0 Å². The predicted octanol–water partition coefficient (Wildman–Crippen LogP) is 3.03. The number of carbonyl (C=O) groups excluding carboxylic acids is 2. The summed E-state index contributed by atoms with van der Waals surface area (Å²) in [5.74, 6) is -0.893. The highest BCUT2D eigenvalue weighted by Crippen LogP contribution is 2.14. The zero-order valence-electron chi connectivity index (χ0n) is 19.4. The first-order chi connectivity index (χ1) is 13.8. The molecule has 1 aliphatic heterocycles. The van der Waals surface area contributed by atoms with Gasteiger partial charge in [-0.2, -0.15) is 0 Å². The first kappa shape index (κ1) is 26.0. The van der Waals surface area contributed by atoms with Crippen molar-refractivity contribution >= 4 is 18.2 Å². The Bertz CT molecular complexity index is 540. The van der Waals surface area contributed by atoms with Gasteiger partial charge in [0.1, 0.15) is 11.2 Å². The quantitative estimate of drug-likeness (QED) is 0.720. The molecule has 1 aliphatic rings. The van der Waals surface area contributed by atoms with Crippen LogP contribution in [0.4, 0.5) is 9.59 Å². The number of nitrogens with zero attached hydrogens (tertiary/aromatic N) is 3. The van der Waals surface area contributed by atoms with Crippen LogP contribution in [-0.2, 0) is 14.3 Å². The van der Waals surface area contributed by atoms with Gasteiger partial charge in [0.15, 0.2) is 0 Å². The van der Waals surface area contributed by atoms with Crippen molar-refractivity contribution in [1.29, 1.82) is 0 Å². The van der Waals surface area contributed by atoms with E-state index in [1.807, 2.05) is 46.4 Å². The minimum atomic E-state index is -0.893. The summed E-state index contributed by atoms with van der Waals surface area (Å²) in [6.07, 6.45) is 1.13. The van der Waals surface area contributed by atoms with Gasteiger partial charge in [0.2, 0.25) is 0 Å². The molecule has 9 nitrogen and oxygen atoms in total. The molecular weight excluding hydrogens is 390 g/mol. The molecule has 9 heteroatoms. The SMILES string of the molecule is CC(C)(C)OC(=O)N1CCCN(CC(=O)O)CCCN(C(=O)OC(C)(C)C)CCC1. The van der Waals surface area contributed by atoms with Crippen molar-refractivity contribution in [2.75, 3.05) is 45.8 Å². The van der Waals surface area contributed by atoms with E-state index in [0.717, 1.165) is 0 Å². The Hall–Kier alpha value is -2.03. The van der Waals surface area contributed by atoms with Gasteiger partial charge in [-0.15, -0.1) is 0 Å². The number of rotatable bonds is 2. The fourth-order valence-electron chi connectivity index (χ4n) is 3.13. The molecule has 1 N–H and O–H groups in total. The normalized spacial score (nSPS) is 18.2. The van der Waals surface area contributed by atoms with Gasteiger partial charge in [-0.3, -0.25) is 9.69 Å².